The lowest BCUT2D eigenvalue weighted by Gasteiger charge is -2.30. The number of aliphatic hydroxyl groups excluding tert-OH is 1. The summed E-state index contributed by atoms with van der Waals surface area (Å²) in [6.07, 6.45) is 3.56. The fraction of sp³-hybridized carbons (Fsp3) is 0.600. The van der Waals surface area contributed by atoms with Crippen molar-refractivity contribution in [1.29, 1.82) is 5.41 Å². The predicted octanol–water partition coefficient (Wildman–Crippen LogP) is 1.75. The average Bonchev–Trinajstić information content (AvgIpc) is 2.60. The van der Waals surface area contributed by atoms with Gasteiger partial charge in [-0.2, -0.15) is 5.11 Å². The minimum absolute atomic E-state index is 0.0181. The van der Waals surface area contributed by atoms with Crippen LogP contribution in [0.4, 0.5) is 0 Å². The molecule has 1 saturated carbocycles. The van der Waals surface area contributed by atoms with Crippen LogP contribution >= 0.6 is 0 Å². The quantitative estimate of drug-likeness (QED) is 0.129. The highest BCUT2D eigenvalue weighted by molar-refractivity contribution is 6.45. The van der Waals surface area contributed by atoms with Crippen LogP contribution in [0.1, 0.15) is 32.6 Å². The molecule has 9 nitrogen and oxygen atoms in total. The second kappa shape index (κ2) is 9.66. The average molecular weight is 337 g/mol. The van der Waals surface area contributed by atoms with E-state index >= 15 is 0 Å². The third kappa shape index (κ3) is 5.05. The van der Waals surface area contributed by atoms with E-state index in [1.807, 2.05) is 0 Å². The van der Waals surface area contributed by atoms with Crippen LogP contribution in [0.15, 0.2) is 26.8 Å². The van der Waals surface area contributed by atoms with Crippen molar-refractivity contribution in [3.8, 4) is 0 Å². The van der Waals surface area contributed by atoms with E-state index in [2.05, 4.69) is 20.8 Å². The van der Waals surface area contributed by atoms with Gasteiger partial charge in [-0.05, 0) is 25.0 Å². The number of hydrogen-bond donors (Lipinski definition) is 3. The Bertz CT molecular complexity index is 582. The minimum atomic E-state index is -0.885. The molecule has 3 N–H and O–H groups in total. The fourth-order valence-electron chi connectivity index (χ4n) is 2.67. The van der Waals surface area contributed by atoms with Gasteiger partial charge in [0.15, 0.2) is 11.5 Å². The van der Waals surface area contributed by atoms with E-state index in [1.54, 1.807) is 7.11 Å². The molecule has 9 heteroatoms. The van der Waals surface area contributed by atoms with Gasteiger partial charge in [0, 0.05) is 18.6 Å². The van der Waals surface area contributed by atoms with Crippen LogP contribution in [-0.2, 0) is 14.3 Å². The lowest BCUT2D eigenvalue weighted by atomic mass is 9.80. The van der Waals surface area contributed by atoms with Crippen molar-refractivity contribution in [3.63, 3.8) is 0 Å². The zero-order valence-corrected chi connectivity index (χ0v) is 14.1. The normalized spacial score (nSPS) is 22.9. The molecule has 1 fully saturated rings. The van der Waals surface area contributed by atoms with Crippen LogP contribution in [0.5, 0.6) is 0 Å². The first kappa shape index (κ1) is 19.6. The van der Waals surface area contributed by atoms with Crippen molar-refractivity contribution >= 4 is 23.7 Å². The maximum atomic E-state index is 12.0. The lowest BCUT2D eigenvalue weighted by molar-refractivity contribution is -0.113. The summed E-state index contributed by atoms with van der Waals surface area (Å²) in [5, 5.41) is 30.7. The Morgan fingerprint density at radius 3 is 2.62 bits per heavy atom. The summed E-state index contributed by atoms with van der Waals surface area (Å²) in [7, 11) is 2.96. The number of ether oxygens (including phenoxy) is 1. The largest absolute Gasteiger partial charge is 0.505 e. The summed E-state index contributed by atoms with van der Waals surface area (Å²) in [6, 6.07) is 0. The van der Waals surface area contributed by atoms with Crippen molar-refractivity contribution in [2.24, 2.45) is 21.4 Å². The van der Waals surface area contributed by atoms with Crippen molar-refractivity contribution in [2.75, 3.05) is 14.2 Å². The van der Waals surface area contributed by atoms with Crippen molar-refractivity contribution in [3.05, 3.63) is 11.3 Å². The Hall–Kier alpha value is -2.42. The number of amidine groups is 1. The highest BCUT2D eigenvalue weighted by Crippen LogP contribution is 2.32. The summed E-state index contributed by atoms with van der Waals surface area (Å²) in [5.74, 6) is -1.74. The van der Waals surface area contributed by atoms with E-state index in [0.29, 0.717) is 12.7 Å². The molecule has 0 radical (unpaired) electrons. The van der Waals surface area contributed by atoms with Gasteiger partial charge in [0.05, 0.1) is 13.2 Å². The number of amides is 1. The number of aliphatic hydroxyl groups is 1. The molecule has 1 amide bonds. The predicted molar refractivity (Wildman–Crippen MR) is 88.2 cm³/mol. The Balaban J connectivity index is 2.98. The molecular weight excluding hydrogens is 314 g/mol. The van der Waals surface area contributed by atoms with Crippen molar-refractivity contribution in [2.45, 2.75) is 38.7 Å². The van der Waals surface area contributed by atoms with Crippen LogP contribution in [-0.4, -0.2) is 49.1 Å². The summed E-state index contributed by atoms with van der Waals surface area (Å²) < 4.78 is 5.37. The van der Waals surface area contributed by atoms with E-state index in [9.17, 15) is 14.7 Å². The molecule has 1 rings (SSSR count). The monoisotopic (exact) mass is 337 g/mol. The molecule has 1 aliphatic rings. The van der Waals surface area contributed by atoms with Gasteiger partial charge < -0.3 is 15.2 Å². The standard InChI is InChI=1S/C15H23N5O4/c1-9(19-20-17-2)18-15(23)13(16)14(22)11(8-21)10-6-4-5-7-12(10)24-3/h8,10,12,16,22H,4-7H2,1-3H3,(H,17,18,19,23)/b14-11-,16-13?. The number of aldehydes is 1. The highest BCUT2D eigenvalue weighted by Gasteiger charge is 2.32. The Morgan fingerprint density at radius 1 is 1.38 bits per heavy atom. The summed E-state index contributed by atoms with van der Waals surface area (Å²) in [6.45, 7) is 1.46. The summed E-state index contributed by atoms with van der Waals surface area (Å²) >= 11 is 0. The molecule has 2 unspecified atom stereocenters. The molecule has 0 spiro atoms. The Kier molecular flexibility index (Phi) is 7.90. The second-order valence-electron chi connectivity index (χ2n) is 5.39. The lowest BCUT2D eigenvalue weighted by Crippen LogP contribution is -2.37. The second-order valence-corrected chi connectivity index (χ2v) is 5.39. The van der Waals surface area contributed by atoms with Gasteiger partial charge in [0.25, 0.3) is 5.91 Å². The third-order valence-corrected chi connectivity index (χ3v) is 3.85. The van der Waals surface area contributed by atoms with E-state index in [4.69, 9.17) is 10.1 Å². The number of hydrogen-bond acceptors (Lipinski definition) is 7. The van der Waals surface area contributed by atoms with Gasteiger partial charge in [-0.15, -0.1) is 5.10 Å². The maximum absolute atomic E-state index is 12.0. The van der Waals surface area contributed by atoms with Gasteiger partial charge in [0.1, 0.15) is 12.1 Å². The first-order chi connectivity index (χ1) is 11.5. The molecule has 0 heterocycles. The number of nitrogens with one attached hydrogen (secondary N) is 2. The third-order valence-electron chi connectivity index (χ3n) is 3.85. The molecule has 132 valence electrons. The Morgan fingerprint density at radius 2 is 2.04 bits per heavy atom. The SMILES string of the molecule is C/N=N\N=C(/C)NC(=O)C(=N)/C(O)=C(\C=O)C1CCCCC1OC. The molecule has 0 aliphatic heterocycles. The molecule has 1 aliphatic carbocycles. The zero-order valence-electron chi connectivity index (χ0n) is 14.1. The smallest absolute Gasteiger partial charge is 0.278 e. The van der Waals surface area contributed by atoms with E-state index < -0.39 is 17.4 Å². The molecule has 24 heavy (non-hydrogen) atoms. The molecule has 0 aromatic carbocycles. The van der Waals surface area contributed by atoms with Gasteiger partial charge in [-0.1, -0.05) is 12.8 Å². The Labute approximate surface area is 140 Å². The van der Waals surface area contributed by atoms with Crippen LogP contribution in [0.3, 0.4) is 0 Å². The van der Waals surface area contributed by atoms with Crippen LogP contribution in [0.2, 0.25) is 0 Å². The van der Waals surface area contributed by atoms with E-state index in [-0.39, 0.29) is 23.4 Å². The van der Waals surface area contributed by atoms with E-state index in [0.717, 1.165) is 19.3 Å². The number of rotatable bonds is 6. The first-order valence-corrected chi connectivity index (χ1v) is 7.61. The van der Waals surface area contributed by atoms with Crippen LogP contribution < -0.4 is 5.32 Å². The molecule has 0 aromatic heterocycles. The number of carbonyl (C=O) groups is 2. The topological polar surface area (TPSA) is 137 Å². The van der Waals surface area contributed by atoms with Gasteiger partial charge in [-0.3, -0.25) is 15.0 Å². The molecule has 2 atom stereocenters. The number of methoxy groups -OCH3 is 1. The minimum Gasteiger partial charge on any atom is -0.505 e. The maximum Gasteiger partial charge on any atom is 0.278 e. The summed E-state index contributed by atoms with van der Waals surface area (Å²) in [4.78, 5) is 23.4. The van der Waals surface area contributed by atoms with E-state index in [1.165, 1.54) is 14.0 Å². The van der Waals surface area contributed by atoms with Crippen molar-refractivity contribution in [1.82, 2.24) is 5.32 Å². The first-order valence-electron chi connectivity index (χ1n) is 7.61. The molecule has 0 bridgehead atoms. The molecular formula is C15H23N5O4. The summed E-state index contributed by atoms with van der Waals surface area (Å²) in [5.41, 5.74) is -0.690. The number of carbonyl (C=O) groups excluding carboxylic acids is 2. The van der Waals surface area contributed by atoms with Gasteiger partial charge in [-0.25, -0.2) is 0 Å². The zero-order chi connectivity index (χ0) is 18.1. The highest BCUT2D eigenvalue weighted by atomic mass is 16.5. The van der Waals surface area contributed by atoms with Gasteiger partial charge in [0.2, 0.25) is 0 Å². The number of nitrogens with zero attached hydrogens (tertiary/aromatic N) is 3. The fourth-order valence-corrected chi connectivity index (χ4v) is 2.67. The van der Waals surface area contributed by atoms with Gasteiger partial charge >= 0.3 is 0 Å². The van der Waals surface area contributed by atoms with Crippen molar-refractivity contribution < 1.29 is 19.4 Å². The van der Waals surface area contributed by atoms with Crippen LogP contribution in [0.25, 0.3) is 0 Å². The molecule has 0 aromatic rings. The molecule has 0 saturated heterocycles. The van der Waals surface area contributed by atoms with Crippen LogP contribution in [0, 0.1) is 11.3 Å².